The first-order valence-corrected chi connectivity index (χ1v) is 11.5. The lowest BCUT2D eigenvalue weighted by molar-refractivity contribution is 0.174. The summed E-state index contributed by atoms with van der Waals surface area (Å²) in [6.45, 7) is 9.25. The zero-order chi connectivity index (χ0) is 21.7. The van der Waals surface area contributed by atoms with E-state index in [0.717, 1.165) is 67.2 Å². The second-order valence-corrected chi connectivity index (χ2v) is 9.16. The number of fused-ring (bicyclic) bond motifs is 2. The molecule has 0 spiro atoms. The van der Waals surface area contributed by atoms with Crippen molar-refractivity contribution in [3.05, 3.63) is 30.1 Å². The van der Waals surface area contributed by atoms with Gasteiger partial charge in [-0.05, 0) is 44.4 Å². The molecule has 0 bridgehead atoms. The lowest BCUT2D eigenvalue weighted by Gasteiger charge is -2.35. The number of rotatable bonds is 6. The molecule has 9 heteroatoms. The van der Waals surface area contributed by atoms with E-state index in [9.17, 15) is 0 Å². The largest absolute Gasteiger partial charge is 0.454 e. The first-order valence-electron chi connectivity index (χ1n) is 11.5. The van der Waals surface area contributed by atoms with Gasteiger partial charge in [0.25, 0.3) is 0 Å². The van der Waals surface area contributed by atoms with Crippen LogP contribution in [0.5, 0.6) is 11.5 Å². The highest BCUT2D eigenvalue weighted by atomic mass is 16.7. The molecule has 0 amide bonds. The van der Waals surface area contributed by atoms with Gasteiger partial charge >= 0.3 is 0 Å². The molecule has 2 aliphatic heterocycles. The van der Waals surface area contributed by atoms with Gasteiger partial charge in [-0.15, -0.1) is 0 Å². The van der Waals surface area contributed by atoms with Gasteiger partial charge in [-0.1, -0.05) is 6.07 Å². The van der Waals surface area contributed by atoms with E-state index in [1.165, 1.54) is 18.4 Å². The molecule has 1 saturated heterocycles. The van der Waals surface area contributed by atoms with Crippen LogP contribution in [0.3, 0.4) is 0 Å². The van der Waals surface area contributed by atoms with E-state index >= 15 is 0 Å². The van der Waals surface area contributed by atoms with Crippen molar-refractivity contribution in [3.8, 4) is 11.5 Å². The minimum Gasteiger partial charge on any atom is -0.454 e. The number of benzene rings is 1. The minimum atomic E-state index is 0.301. The Morgan fingerprint density at radius 1 is 1.06 bits per heavy atom. The topological polar surface area (TPSA) is 80.6 Å². The maximum absolute atomic E-state index is 5.52. The molecular weight excluding hydrogens is 406 g/mol. The number of nitrogens with zero attached hydrogens (tertiary/aromatic N) is 6. The highest BCUT2D eigenvalue weighted by Gasteiger charge is 2.26. The summed E-state index contributed by atoms with van der Waals surface area (Å²) in [5.74, 6) is 3.35. The normalized spacial score (nSPS) is 18.7. The minimum absolute atomic E-state index is 0.301. The molecule has 1 N–H and O–H groups in total. The van der Waals surface area contributed by atoms with Gasteiger partial charge in [-0.3, -0.25) is 4.90 Å². The number of hydrogen-bond acceptors (Lipinski definition) is 8. The molecule has 1 aliphatic carbocycles. The first kappa shape index (κ1) is 19.6. The van der Waals surface area contributed by atoms with E-state index in [1.54, 1.807) is 0 Å². The second kappa shape index (κ2) is 7.81. The third kappa shape index (κ3) is 3.70. The molecular formula is C23H29N7O2. The van der Waals surface area contributed by atoms with Crippen molar-refractivity contribution in [2.24, 2.45) is 0 Å². The van der Waals surface area contributed by atoms with Crippen molar-refractivity contribution in [1.82, 2.24) is 24.4 Å². The van der Waals surface area contributed by atoms with Crippen LogP contribution in [0.4, 0.5) is 11.8 Å². The Morgan fingerprint density at radius 3 is 2.66 bits per heavy atom. The van der Waals surface area contributed by atoms with Gasteiger partial charge in [0.1, 0.15) is 0 Å². The average molecular weight is 436 g/mol. The maximum atomic E-state index is 5.52. The molecule has 0 unspecified atom stereocenters. The highest BCUT2D eigenvalue weighted by molar-refractivity contribution is 5.84. The summed E-state index contributed by atoms with van der Waals surface area (Å²) >= 11 is 0. The number of aromatic nitrogens is 4. The Morgan fingerprint density at radius 2 is 1.88 bits per heavy atom. The first-order chi connectivity index (χ1) is 15.6. The fraction of sp³-hybridized carbons (Fsp3) is 0.522. The van der Waals surface area contributed by atoms with Crippen molar-refractivity contribution >= 4 is 22.9 Å². The van der Waals surface area contributed by atoms with Crippen molar-refractivity contribution < 1.29 is 9.47 Å². The molecule has 9 nitrogen and oxygen atoms in total. The summed E-state index contributed by atoms with van der Waals surface area (Å²) in [7, 11) is 0. The number of imidazole rings is 1. The van der Waals surface area contributed by atoms with Crippen molar-refractivity contribution in [1.29, 1.82) is 0 Å². The number of piperazine rings is 1. The SMILES string of the molecule is CC(C)n1cnc2c(NC3CC3)nc(N3CCN(Cc4ccc5c(c4)OCO5)CC3)nc21. The molecule has 3 aliphatic rings. The van der Waals surface area contributed by atoms with E-state index in [4.69, 9.17) is 19.4 Å². The van der Waals surface area contributed by atoms with Crippen molar-refractivity contribution in [2.75, 3.05) is 43.2 Å². The van der Waals surface area contributed by atoms with Crippen molar-refractivity contribution in [2.45, 2.75) is 45.3 Å². The van der Waals surface area contributed by atoms with Gasteiger partial charge in [-0.2, -0.15) is 9.97 Å². The Balaban J connectivity index is 1.19. The molecule has 0 atom stereocenters. The lowest BCUT2D eigenvalue weighted by Crippen LogP contribution is -2.46. The Kier molecular flexibility index (Phi) is 4.78. The lowest BCUT2D eigenvalue weighted by atomic mass is 10.1. The fourth-order valence-corrected chi connectivity index (χ4v) is 4.35. The van der Waals surface area contributed by atoms with E-state index in [0.29, 0.717) is 18.9 Å². The third-order valence-corrected chi connectivity index (χ3v) is 6.38. The van der Waals surface area contributed by atoms with Gasteiger partial charge in [-0.25, -0.2) is 4.98 Å². The molecule has 1 saturated carbocycles. The molecule has 168 valence electrons. The Labute approximate surface area is 187 Å². The molecule has 2 fully saturated rings. The van der Waals surface area contributed by atoms with Gasteiger partial charge < -0.3 is 24.3 Å². The van der Waals surface area contributed by atoms with E-state index in [2.05, 4.69) is 50.6 Å². The van der Waals surface area contributed by atoms with E-state index in [-0.39, 0.29) is 0 Å². The predicted molar refractivity (Wildman–Crippen MR) is 122 cm³/mol. The zero-order valence-corrected chi connectivity index (χ0v) is 18.6. The van der Waals surface area contributed by atoms with Gasteiger partial charge in [0.2, 0.25) is 12.7 Å². The zero-order valence-electron chi connectivity index (χ0n) is 18.6. The fourth-order valence-electron chi connectivity index (χ4n) is 4.35. The van der Waals surface area contributed by atoms with Crippen LogP contribution < -0.4 is 19.7 Å². The number of ether oxygens (including phenoxy) is 2. The van der Waals surface area contributed by atoms with Crippen LogP contribution >= 0.6 is 0 Å². The van der Waals surface area contributed by atoms with Crippen LogP contribution in [0.15, 0.2) is 24.5 Å². The standard InChI is InChI=1S/C23H29N7O2/c1-15(2)30-13-24-20-21(25-17-4-5-17)26-23(27-22(20)30)29-9-7-28(8-10-29)12-16-3-6-18-19(11-16)32-14-31-18/h3,6,11,13,15,17H,4-5,7-10,12,14H2,1-2H3,(H,25,26,27). The Hall–Kier alpha value is -3.07. The number of anilines is 2. The summed E-state index contributed by atoms with van der Waals surface area (Å²) in [6, 6.07) is 7.04. The smallest absolute Gasteiger partial charge is 0.231 e. The summed E-state index contributed by atoms with van der Waals surface area (Å²) in [6.07, 6.45) is 4.28. The number of hydrogen-bond donors (Lipinski definition) is 1. The van der Waals surface area contributed by atoms with Crippen LogP contribution in [0, 0.1) is 0 Å². The van der Waals surface area contributed by atoms with Gasteiger partial charge in [0.05, 0.1) is 6.33 Å². The summed E-state index contributed by atoms with van der Waals surface area (Å²) < 4.78 is 13.1. The maximum Gasteiger partial charge on any atom is 0.231 e. The Bertz CT molecular complexity index is 1130. The second-order valence-electron chi connectivity index (χ2n) is 9.16. The molecule has 0 radical (unpaired) electrons. The summed E-state index contributed by atoms with van der Waals surface area (Å²) in [5, 5.41) is 3.57. The third-order valence-electron chi connectivity index (χ3n) is 6.38. The van der Waals surface area contributed by atoms with Crippen LogP contribution in [-0.2, 0) is 6.54 Å². The molecule has 32 heavy (non-hydrogen) atoms. The molecule has 1 aromatic carbocycles. The quantitative estimate of drug-likeness (QED) is 0.633. The van der Waals surface area contributed by atoms with Crippen molar-refractivity contribution in [3.63, 3.8) is 0 Å². The van der Waals surface area contributed by atoms with Crippen LogP contribution in [0.2, 0.25) is 0 Å². The summed E-state index contributed by atoms with van der Waals surface area (Å²) in [4.78, 5) is 19.2. The molecule has 3 aromatic rings. The van der Waals surface area contributed by atoms with Crippen LogP contribution in [0.25, 0.3) is 11.2 Å². The predicted octanol–water partition coefficient (Wildman–Crippen LogP) is 3.03. The molecule has 6 rings (SSSR count). The van der Waals surface area contributed by atoms with Gasteiger partial charge in [0.15, 0.2) is 28.5 Å². The summed E-state index contributed by atoms with van der Waals surface area (Å²) in [5.41, 5.74) is 3.03. The molecule has 2 aromatic heterocycles. The van der Waals surface area contributed by atoms with Crippen LogP contribution in [-0.4, -0.2) is 63.4 Å². The molecule has 4 heterocycles. The van der Waals surface area contributed by atoms with E-state index in [1.807, 2.05) is 12.4 Å². The van der Waals surface area contributed by atoms with Gasteiger partial charge in [0, 0.05) is 44.8 Å². The highest BCUT2D eigenvalue weighted by Crippen LogP contribution is 2.33. The number of nitrogens with one attached hydrogen (secondary N) is 1. The van der Waals surface area contributed by atoms with E-state index < -0.39 is 0 Å². The average Bonchev–Trinajstić information content (AvgIpc) is 3.31. The van der Waals surface area contributed by atoms with Crippen LogP contribution in [0.1, 0.15) is 38.3 Å². The monoisotopic (exact) mass is 435 g/mol.